The zero-order chi connectivity index (χ0) is 11.1. The molecule has 7 nitrogen and oxygen atoms in total. The molecule has 2 heterocycles. The van der Waals surface area contributed by atoms with Gasteiger partial charge in [0.2, 0.25) is 0 Å². The van der Waals surface area contributed by atoms with Crippen molar-refractivity contribution in [1.29, 1.82) is 0 Å². The lowest BCUT2D eigenvalue weighted by Crippen LogP contribution is -2.35. The molecule has 0 aromatic rings. The number of nitrogens with zero attached hydrogens (tertiary/aromatic N) is 2. The van der Waals surface area contributed by atoms with E-state index in [0.717, 1.165) is 25.0 Å². The van der Waals surface area contributed by atoms with Crippen LogP contribution in [0, 0.1) is 0 Å². The van der Waals surface area contributed by atoms with Gasteiger partial charge >= 0.3 is 16.4 Å². The number of carbonyl (C=O) groups excluding carboxylic acids is 1. The van der Waals surface area contributed by atoms with Crippen molar-refractivity contribution in [3.8, 4) is 0 Å². The number of hydrogen-bond donors (Lipinski definition) is 0. The Balaban J connectivity index is 2.13. The number of fused-ring (bicyclic) bond motifs is 2. The summed E-state index contributed by atoms with van der Waals surface area (Å²) in [4.78, 5) is 13.2. The van der Waals surface area contributed by atoms with Gasteiger partial charge in [-0.15, -0.1) is 4.28 Å². The molecule has 2 aliphatic rings. The fourth-order valence-electron chi connectivity index (χ4n) is 1.84. The third-order valence-corrected chi connectivity index (χ3v) is 3.31. The lowest BCUT2D eigenvalue weighted by Gasteiger charge is -2.20. The number of piperidine rings is 1. The summed E-state index contributed by atoms with van der Waals surface area (Å²) >= 11 is 0. The van der Waals surface area contributed by atoms with Crippen LogP contribution in [0.1, 0.15) is 12.8 Å². The molecule has 0 aromatic heterocycles. The summed E-state index contributed by atoms with van der Waals surface area (Å²) in [6.45, 7) is 1.18. The van der Waals surface area contributed by atoms with Gasteiger partial charge in [0, 0.05) is 13.1 Å². The Kier molecular flexibility index (Phi) is 2.57. The second-order valence-electron chi connectivity index (χ2n) is 3.50. The number of amides is 2. The Bertz CT molecular complexity index is 368. The van der Waals surface area contributed by atoms with Crippen molar-refractivity contribution < 1.29 is 21.7 Å². The van der Waals surface area contributed by atoms with E-state index in [1.54, 1.807) is 4.90 Å². The van der Waals surface area contributed by atoms with Gasteiger partial charge in [-0.05, 0) is 12.8 Å². The minimum absolute atomic E-state index is 0.184. The van der Waals surface area contributed by atoms with Crippen molar-refractivity contribution in [2.75, 3.05) is 20.2 Å². The molecule has 0 spiro atoms. The van der Waals surface area contributed by atoms with E-state index in [-0.39, 0.29) is 6.04 Å². The van der Waals surface area contributed by atoms with Gasteiger partial charge in [-0.2, -0.15) is 13.5 Å². The van der Waals surface area contributed by atoms with Crippen LogP contribution >= 0.6 is 0 Å². The highest BCUT2D eigenvalue weighted by molar-refractivity contribution is 7.81. The lowest BCUT2D eigenvalue weighted by atomic mass is 10.1. The van der Waals surface area contributed by atoms with Crippen LogP contribution in [-0.2, 0) is 18.9 Å². The second-order valence-corrected chi connectivity index (χ2v) is 4.80. The molecule has 2 rings (SSSR count). The van der Waals surface area contributed by atoms with Gasteiger partial charge < -0.3 is 4.90 Å². The Labute approximate surface area is 87.8 Å². The summed E-state index contributed by atoms with van der Waals surface area (Å²) in [5.74, 6) is 0. The molecule has 8 heteroatoms. The molecule has 0 aliphatic carbocycles. The topological polar surface area (TPSA) is 76.2 Å². The average Bonchev–Trinajstić information content (AvgIpc) is 2.43. The normalized spacial score (nSPS) is 26.2. The summed E-state index contributed by atoms with van der Waals surface area (Å²) in [7, 11) is -3.11. The minimum Gasteiger partial charge on any atom is -0.321 e. The van der Waals surface area contributed by atoms with Crippen LogP contribution in [0.5, 0.6) is 0 Å². The first-order valence-electron chi connectivity index (χ1n) is 4.62. The van der Waals surface area contributed by atoms with Crippen LogP contribution in [0.2, 0.25) is 0 Å². The smallest absolute Gasteiger partial charge is 0.321 e. The summed E-state index contributed by atoms with van der Waals surface area (Å²) in [6, 6.07) is -0.589. The number of rotatable bonds is 3. The first-order chi connectivity index (χ1) is 7.03. The van der Waals surface area contributed by atoms with Gasteiger partial charge in [0.1, 0.15) is 0 Å². The van der Waals surface area contributed by atoms with E-state index in [0.29, 0.717) is 13.1 Å². The summed E-state index contributed by atoms with van der Waals surface area (Å²) < 4.78 is 30.8. The van der Waals surface area contributed by atoms with Crippen LogP contribution in [-0.4, -0.2) is 50.7 Å². The standard InChI is InChI=1S/C7H12N2O5S/c1-13-15(11,12)14-9-6-3-2-4-8(5-6)7(9)10/h6H,2-5H2,1H3/t6-/m0/s1. The third-order valence-electron chi connectivity index (χ3n) is 2.56. The monoisotopic (exact) mass is 236 g/mol. The minimum atomic E-state index is -4.10. The van der Waals surface area contributed by atoms with E-state index in [1.165, 1.54) is 0 Å². The molecular weight excluding hydrogens is 224 g/mol. The molecule has 2 saturated heterocycles. The highest BCUT2D eigenvalue weighted by atomic mass is 32.3. The molecule has 0 aromatic carbocycles. The van der Waals surface area contributed by atoms with Crippen molar-refractivity contribution in [3.05, 3.63) is 0 Å². The summed E-state index contributed by atoms with van der Waals surface area (Å²) in [5, 5.41) is 0.895. The molecule has 2 amide bonds. The van der Waals surface area contributed by atoms with E-state index in [9.17, 15) is 13.2 Å². The van der Waals surface area contributed by atoms with E-state index in [4.69, 9.17) is 0 Å². The first kappa shape index (κ1) is 10.7. The molecule has 2 fully saturated rings. The third kappa shape index (κ3) is 1.92. The highest BCUT2D eigenvalue weighted by Gasteiger charge is 2.43. The van der Waals surface area contributed by atoms with Crippen LogP contribution in [0.25, 0.3) is 0 Å². The van der Waals surface area contributed by atoms with Crippen molar-refractivity contribution in [1.82, 2.24) is 9.96 Å². The molecule has 0 saturated carbocycles. The number of hydroxylamine groups is 2. The quantitative estimate of drug-likeness (QED) is 0.673. The van der Waals surface area contributed by atoms with Gasteiger partial charge in [-0.3, -0.25) is 4.18 Å². The maximum absolute atomic E-state index is 11.6. The largest absolute Gasteiger partial charge is 0.420 e. The van der Waals surface area contributed by atoms with Crippen molar-refractivity contribution >= 4 is 16.4 Å². The van der Waals surface area contributed by atoms with E-state index < -0.39 is 16.4 Å². The fourth-order valence-corrected chi connectivity index (χ4v) is 2.28. The van der Waals surface area contributed by atoms with E-state index >= 15 is 0 Å². The van der Waals surface area contributed by atoms with Crippen LogP contribution in [0.15, 0.2) is 0 Å². The lowest BCUT2D eigenvalue weighted by molar-refractivity contribution is -0.0340. The zero-order valence-corrected chi connectivity index (χ0v) is 9.07. The zero-order valence-electron chi connectivity index (χ0n) is 8.25. The van der Waals surface area contributed by atoms with Crippen LogP contribution < -0.4 is 0 Å². The highest BCUT2D eigenvalue weighted by Crippen LogP contribution is 2.26. The predicted octanol–water partition coefficient (Wildman–Crippen LogP) is -0.291. The SMILES string of the molecule is COS(=O)(=O)ON1C(=O)N2CCC[C@H]1C2. The molecular formula is C7H12N2O5S. The van der Waals surface area contributed by atoms with Crippen molar-refractivity contribution in [3.63, 3.8) is 0 Å². The van der Waals surface area contributed by atoms with Crippen LogP contribution in [0.3, 0.4) is 0 Å². The molecule has 2 aliphatic heterocycles. The Morgan fingerprint density at radius 3 is 2.80 bits per heavy atom. The molecule has 0 unspecified atom stereocenters. The van der Waals surface area contributed by atoms with Gasteiger partial charge in [0.05, 0.1) is 13.2 Å². The van der Waals surface area contributed by atoms with Crippen LogP contribution in [0.4, 0.5) is 4.79 Å². The Hall–Kier alpha value is -0.860. The number of carbonyl (C=O) groups is 1. The van der Waals surface area contributed by atoms with Gasteiger partial charge in [0.25, 0.3) is 0 Å². The fraction of sp³-hybridized carbons (Fsp3) is 0.857. The molecule has 0 radical (unpaired) electrons. The summed E-state index contributed by atoms with van der Waals surface area (Å²) in [6.07, 6.45) is 1.62. The maximum atomic E-state index is 11.6. The Morgan fingerprint density at radius 2 is 2.20 bits per heavy atom. The molecule has 86 valence electrons. The molecule has 15 heavy (non-hydrogen) atoms. The van der Waals surface area contributed by atoms with Gasteiger partial charge in [-0.25, -0.2) is 4.79 Å². The number of urea groups is 1. The number of hydrogen-bond acceptors (Lipinski definition) is 5. The Morgan fingerprint density at radius 1 is 1.47 bits per heavy atom. The average molecular weight is 236 g/mol. The van der Waals surface area contributed by atoms with E-state index in [2.05, 4.69) is 8.47 Å². The van der Waals surface area contributed by atoms with Crippen molar-refractivity contribution in [2.24, 2.45) is 0 Å². The molecule has 2 bridgehead atoms. The van der Waals surface area contributed by atoms with Gasteiger partial charge in [-0.1, -0.05) is 0 Å². The molecule has 1 atom stereocenters. The van der Waals surface area contributed by atoms with Crippen molar-refractivity contribution in [2.45, 2.75) is 18.9 Å². The molecule has 0 N–H and O–H groups in total. The van der Waals surface area contributed by atoms with Gasteiger partial charge in [0.15, 0.2) is 0 Å². The first-order valence-corrected chi connectivity index (χ1v) is 5.95. The summed E-state index contributed by atoms with van der Waals surface area (Å²) in [5.41, 5.74) is 0. The van der Waals surface area contributed by atoms with E-state index in [1.807, 2.05) is 0 Å². The second kappa shape index (κ2) is 3.62. The maximum Gasteiger partial charge on any atom is 0.420 e. The predicted molar refractivity (Wildman–Crippen MR) is 48.8 cm³/mol.